The van der Waals surface area contributed by atoms with Gasteiger partial charge >= 0.3 is 0 Å². The molecule has 0 N–H and O–H groups in total. The van der Waals surface area contributed by atoms with E-state index in [0.717, 1.165) is 19.3 Å². The normalized spacial score (nSPS) is 38.2. The fourth-order valence-electron chi connectivity index (χ4n) is 2.13. The van der Waals surface area contributed by atoms with Crippen LogP contribution in [0.3, 0.4) is 0 Å². The minimum atomic E-state index is -0.588. The van der Waals surface area contributed by atoms with E-state index in [9.17, 15) is 4.21 Å². The third-order valence-electron chi connectivity index (χ3n) is 2.75. The van der Waals surface area contributed by atoms with Crippen LogP contribution in [0.4, 0.5) is 0 Å². The molecule has 3 rings (SSSR count). The first-order valence-electron chi connectivity index (χ1n) is 4.18. The molecule has 3 atom stereocenters. The van der Waals surface area contributed by atoms with Crippen molar-refractivity contribution in [2.75, 3.05) is 0 Å². The van der Waals surface area contributed by atoms with Gasteiger partial charge in [0.15, 0.2) is 0 Å². The monoisotopic (exact) mass is 199 g/mol. The van der Waals surface area contributed by atoms with Crippen LogP contribution in [0.2, 0.25) is 0 Å². The lowest BCUT2D eigenvalue weighted by Gasteiger charge is -2.17. The Morgan fingerprint density at radius 3 is 3.42 bits per heavy atom. The molecule has 0 aromatic carbocycles. The van der Waals surface area contributed by atoms with Crippen molar-refractivity contribution >= 4 is 22.1 Å². The molecule has 4 heteroatoms. The van der Waals surface area contributed by atoms with Gasteiger partial charge in [0.25, 0.3) is 0 Å². The third kappa shape index (κ3) is 0.796. The summed E-state index contributed by atoms with van der Waals surface area (Å²) >= 11 is 1.68. The molecular formula is C8H9NOS2. The zero-order valence-corrected chi connectivity index (χ0v) is 8.16. The highest BCUT2D eigenvalue weighted by Gasteiger charge is 2.40. The van der Waals surface area contributed by atoms with Crippen LogP contribution in [0.15, 0.2) is 5.51 Å². The molecule has 1 aromatic rings. The van der Waals surface area contributed by atoms with Gasteiger partial charge in [-0.15, -0.1) is 11.3 Å². The average molecular weight is 199 g/mol. The van der Waals surface area contributed by atoms with Gasteiger partial charge in [-0.05, 0) is 12.8 Å². The maximum Gasteiger partial charge on any atom is 0.0798 e. The van der Waals surface area contributed by atoms with E-state index in [1.165, 1.54) is 10.6 Å². The van der Waals surface area contributed by atoms with Crippen molar-refractivity contribution < 1.29 is 4.21 Å². The molecule has 0 saturated carbocycles. The van der Waals surface area contributed by atoms with Gasteiger partial charge in [0, 0.05) is 27.3 Å². The van der Waals surface area contributed by atoms with Gasteiger partial charge in [-0.2, -0.15) is 0 Å². The smallest absolute Gasteiger partial charge is 0.0798 e. The van der Waals surface area contributed by atoms with Crippen LogP contribution in [0.1, 0.15) is 28.7 Å². The molecule has 2 bridgehead atoms. The van der Waals surface area contributed by atoms with Crippen molar-refractivity contribution in [2.24, 2.45) is 0 Å². The number of hydrogen-bond acceptors (Lipinski definition) is 3. The largest absolute Gasteiger partial charge is 0.259 e. The predicted octanol–water partition coefficient (Wildman–Crippen LogP) is 1.65. The Morgan fingerprint density at radius 2 is 2.50 bits per heavy atom. The summed E-state index contributed by atoms with van der Waals surface area (Å²) in [5.74, 6) is 0. The van der Waals surface area contributed by atoms with Gasteiger partial charge in [-0.3, -0.25) is 4.21 Å². The van der Waals surface area contributed by atoms with Crippen LogP contribution in [-0.4, -0.2) is 14.4 Å². The first-order chi connectivity index (χ1) is 5.86. The lowest BCUT2D eigenvalue weighted by atomic mass is 10.2. The second kappa shape index (κ2) is 2.39. The standard InChI is InChI=1S/C8H9NOS2/c10-12-5-1-2-7(12)8-6(3-5)9-4-11-8/h4-5,7H,1-3H2. The van der Waals surface area contributed by atoms with Crippen molar-refractivity contribution in [2.45, 2.75) is 29.8 Å². The molecule has 2 aliphatic rings. The van der Waals surface area contributed by atoms with Gasteiger partial charge in [-0.25, -0.2) is 4.98 Å². The lowest BCUT2D eigenvalue weighted by Crippen LogP contribution is -2.20. The van der Waals surface area contributed by atoms with Crippen LogP contribution in [0, 0.1) is 0 Å². The van der Waals surface area contributed by atoms with Crippen LogP contribution in [0.25, 0.3) is 0 Å². The maximum absolute atomic E-state index is 11.7. The minimum absolute atomic E-state index is 0.339. The van der Waals surface area contributed by atoms with E-state index in [0.29, 0.717) is 10.5 Å². The first kappa shape index (κ1) is 7.21. The third-order valence-corrected chi connectivity index (χ3v) is 5.97. The fraction of sp³-hybridized carbons (Fsp3) is 0.625. The Bertz CT molecular complexity index is 347. The molecule has 0 radical (unpaired) electrons. The molecule has 2 aliphatic heterocycles. The molecule has 1 fully saturated rings. The molecule has 0 spiro atoms. The van der Waals surface area contributed by atoms with Crippen molar-refractivity contribution in [3.05, 3.63) is 16.1 Å². The molecule has 1 aromatic heterocycles. The van der Waals surface area contributed by atoms with Gasteiger partial charge in [0.2, 0.25) is 0 Å². The summed E-state index contributed by atoms with van der Waals surface area (Å²) < 4.78 is 11.7. The molecule has 3 heterocycles. The predicted molar refractivity (Wildman–Crippen MR) is 49.7 cm³/mol. The SMILES string of the molecule is O=S1C2CCC1c1scnc1C2. The van der Waals surface area contributed by atoms with E-state index in [1.54, 1.807) is 11.3 Å². The van der Waals surface area contributed by atoms with Crippen LogP contribution < -0.4 is 0 Å². The van der Waals surface area contributed by atoms with Crippen molar-refractivity contribution in [1.29, 1.82) is 0 Å². The summed E-state index contributed by atoms with van der Waals surface area (Å²) in [5, 5.41) is 0.760. The van der Waals surface area contributed by atoms with Gasteiger partial charge < -0.3 is 0 Å². The second-order valence-electron chi connectivity index (χ2n) is 3.38. The number of fused-ring (bicyclic) bond motifs is 4. The Kier molecular flexibility index (Phi) is 1.43. The van der Waals surface area contributed by atoms with Crippen molar-refractivity contribution in [1.82, 2.24) is 4.98 Å². The number of rotatable bonds is 0. The molecule has 0 aliphatic carbocycles. The average Bonchev–Trinajstić information content (AvgIpc) is 2.59. The molecule has 2 nitrogen and oxygen atoms in total. The van der Waals surface area contributed by atoms with Crippen LogP contribution in [0.5, 0.6) is 0 Å². The van der Waals surface area contributed by atoms with Crippen molar-refractivity contribution in [3.8, 4) is 0 Å². The zero-order valence-electron chi connectivity index (χ0n) is 6.53. The Labute approximate surface area is 77.5 Å². The molecule has 64 valence electrons. The Balaban J connectivity index is 2.18. The van der Waals surface area contributed by atoms with Gasteiger partial charge in [0.05, 0.1) is 16.5 Å². The number of nitrogens with zero attached hydrogens (tertiary/aromatic N) is 1. The van der Waals surface area contributed by atoms with E-state index in [2.05, 4.69) is 4.98 Å². The Morgan fingerprint density at radius 1 is 1.58 bits per heavy atom. The minimum Gasteiger partial charge on any atom is -0.259 e. The zero-order chi connectivity index (χ0) is 8.13. The van der Waals surface area contributed by atoms with Gasteiger partial charge in [0.1, 0.15) is 0 Å². The number of hydrogen-bond donors (Lipinski definition) is 0. The van der Waals surface area contributed by atoms with Gasteiger partial charge in [-0.1, -0.05) is 0 Å². The molecule has 3 unspecified atom stereocenters. The summed E-state index contributed by atoms with van der Waals surface area (Å²) in [5.41, 5.74) is 3.12. The molecular weight excluding hydrogens is 190 g/mol. The summed E-state index contributed by atoms with van der Waals surface area (Å²) in [6.07, 6.45) is 3.22. The lowest BCUT2D eigenvalue weighted by molar-refractivity contribution is 0.667. The second-order valence-corrected chi connectivity index (χ2v) is 6.16. The first-order valence-corrected chi connectivity index (χ1v) is 6.33. The van der Waals surface area contributed by atoms with Crippen LogP contribution >= 0.6 is 11.3 Å². The molecule has 0 amide bonds. The summed E-state index contributed by atoms with van der Waals surface area (Å²) in [6.45, 7) is 0. The topological polar surface area (TPSA) is 30.0 Å². The highest BCUT2D eigenvalue weighted by atomic mass is 32.2. The maximum atomic E-state index is 11.7. The summed E-state index contributed by atoms with van der Waals surface area (Å²) in [7, 11) is -0.588. The highest BCUT2D eigenvalue weighted by molar-refractivity contribution is 7.86. The highest BCUT2D eigenvalue weighted by Crippen LogP contribution is 2.44. The van der Waals surface area contributed by atoms with E-state index in [-0.39, 0.29) is 0 Å². The number of aromatic nitrogens is 1. The summed E-state index contributed by atoms with van der Waals surface area (Å²) in [4.78, 5) is 5.62. The summed E-state index contributed by atoms with van der Waals surface area (Å²) in [6, 6.07) is 0. The van der Waals surface area contributed by atoms with E-state index in [1.807, 2.05) is 5.51 Å². The fourth-order valence-corrected chi connectivity index (χ4v) is 5.29. The molecule has 1 saturated heterocycles. The van der Waals surface area contributed by atoms with E-state index >= 15 is 0 Å². The Hall–Kier alpha value is -0.220. The van der Waals surface area contributed by atoms with E-state index in [4.69, 9.17) is 0 Å². The molecule has 12 heavy (non-hydrogen) atoms. The van der Waals surface area contributed by atoms with E-state index < -0.39 is 10.8 Å². The van der Waals surface area contributed by atoms with Crippen molar-refractivity contribution in [3.63, 3.8) is 0 Å². The quantitative estimate of drug-likeness (QED) is 0.636. The van der Waals surface area contributed by atoms with Crippen LogP contribution in [-0.2, 0) is 17.2 Å². The number of thiazole rings is 1.